The fourth-order valence-corrected chi connectivity index (χ4v) is 4.72. The molecular formula is C26H24N4O3. The van der Waals surface area contributed by atoms with Gasteiger partial charge in [0.25, 0.3) is 11.8 Å². The number of nitrogens with one attached hydrogen (secondary N) is 1. The molecule has 0 aliphatic carbocycles. The second-order valence-corrected chi connectivity index (χ2v) is 8.38. The summed E-state index contributed by atoms with van der Waals surface area (Å²) in [5.74, 6) is -1.08. The molecule has 1 aliphatic rings. The molecule has 7 nitrogen and oxygen atoms in total. The zero-order valence-corrected chi connectivity index (χ0v) is 18.3. The molecule has 0 spiro atoms. The summed E-state index contributed by atoms with van der Waals surface area (Å²) in [6.45, 7) is 0.681. The molecule has 0 atom stereocenters. The predicted octanol–water partition coefficient (Wildman–Crippen LogP) is 3.36. The highest BCUT2D eigenvalue weighted by atomic mass is 16.2. The Bertz CT molecular complexity index is 1470. The van der Waals surface area contributed by atoms with E-state index in [0.29, 0.717) is 30.5 Å². The van der Waals surface area contributed by atoms with Crippen molar-refractivity contribution < 1.29 is 14.4 Å². The average molecular weight is 441 g/mol. The van der Waals surface area contributed by atoms with Crippen molar-refractivity contribution in [1.82, 2.24) is 14.5 Å². The summed E-state index contributed by atoms with van der Waals surface area (Å²) in [5, 5.41) is 4.34. The first-order valence-corrected chi connectivity index (χ1v) is 11.0. The largest absolute Gasteiger partial charge is 0.370 e. The predicted molar refractivity (Wildman–Crippen MR) is 128 cm³/mol. The lowest BCUT2D eigenvalue weighted by Crippen LogP contribution is -2.22. The number of nitrogens with two attached hydrogens (primary N) is 1. The van der Waals surface area contributed by atoms with E-state index in [1.807, 2.05) is 72.5 Å². The van der Waals surface area contributed by atoms with Crippen LogP contribution in [0, 0.1) is 0 Å². The zero-order chi connectivity index (χ0) is 23.1. The Morgan fingerprint density at radius 3 is 2.09 bits per heavy atom. The molecule has 33 heavy (non-hydrogen) atoms. The summed E-state index contributed by atoms with van der Waals surface area (Å²) in [6.07, 6.45) is 5.66. The van der Waals surface area contributed by atoms with Crippen LogP contribution >= 0.6 is 0 Å². The molecule has 3 amide bonds. The maximum atomic E-state index is 13.0. The van der Waals surface area contributed by atoms with Gasteiger partial charge in [0.15, 0.2) is 0 Å². The van der Waals surface area contributed by atoms with Gasteiger partial charge in [-0.3, -0.25) is 19.7 Å². The van der Waals surface area contributed by atoms with Gasteiger partial charge in [0.2, 0.25) is 5.91 Å². The highest BCUT2D eigenvalue weighted by Gasteiger charge is 2.35. The van der Waals surface area contributed by atoms with Crippen LogP contribution in [0.5, 0.6) is 0 Å². The van der Waals surface area contributed by atoms with Gasteiger partial charge in [0.05, 0.1) is 11.1 Å². The number of unbranched alkanes of at least 4 members (excludes halogenated alkanes) is 1. The van der Waals surface area contributed by atoms with Crippen molar-refractivity contribution in [3.63, 3.8) is 0 Å². The Kier molecular flexibility index (Phi) is 5.09. The van der Waals surface area contributed by atoms with Crippen LogP contribution in [0.3, 0.4) is 0 Å². The molecule has 2 aromatic heterocycles. The number of imide groups is 1. The lowest BCUT2D eigenvalue weighted by atomic mass is 9.95. The number of hydrogen-bond donors (Lipinski definition) is 2. The number of carbonyl (C=O) groups is 3. The lowest BCUT2D eigenvalue weighted by Gasteiger charge is -2.04. The van der Waals surface area contributed by atoms with Crippen LogP contribution in [0.15, 0.2) is 60.9 Å². The molecule has 7 heteroatoms. The van der Waals surface area contributed by atoms with Crippen LogP contribution in [-0.2, 0) is 28.0 Å². The molecule has 0 saturated carbocycles. The Morgan fingerprint density at radius 1 is 0.848 bits per heavy atom. The van der Waals surface area contributed by atoms with Crippen LogP contribution in [0.4, 0.5) is 0 Å². The van der Waals surface area contributed by atoms with E-state index in [4.69, 9.17) is 5.73 Å². The smallest absolute Gasteiger partial charge is 0.259 e. The van der Waals surface area contributed by atoms with E-state index in [0.717, 1.165) is 39.4 Å². The lowest BCUT2D eigenvalue weighted by molar-refractivity contribution is -0.123. The Balaban J connectivity index is 1.67. The van der Waals surface area contributed by atoms with E-state index < -0.39 is 0 Å². The standard InChI is InChI=1S/C26H24N4O3/c1-29-14-18(16-8-2-4-10-20(16)29)23-24(26(33)28-25(23)32)19-15-30(13-7-6-12-22(27)31)21-11-5-3-9-17(19)21/h2-5,8-11,14-15H,6-7,12-13H2,1H3,(H2,27,31)(H,28,32,33). The maximum absolute atomic E-state index is 13.0. The van der Waals surface area contributed by atoms with Crippen molar-refractivity contribution in [2.45, 2.75) is 25.8 Å². The van der Waals surface area contributed by atoms with E-state index in [1.165, 1.54) is 0 Å². The number of primary amides is 1. The minimum absolute atomic E-state index is 0.306. The average Bonchev–Trinajstić information content (AvgIpc) is 3.42. The minimum Gasteiger partial charge on any atom is -0.370 e. The zero-order valence-electron chi connectivity index (χ0n) is 18.3. The van der Waals surface area contributed by atoms with Gasteiger partial charge in [-0.25, -0.2) is 0 Å². The van der Waals surface area contributed by atoms with E-state index in [1.54, 1.807) is 0 Å². The van der Waals surface area contributed by atoms with Gasteiger partial charge in [-0.15, -0.1) is 0 Å². The molecule has 1 aliphatic heterocycles. The van der Waals surface area contributed by atoms with Crippen molar-refractivity contribution in [2.75, 3.05) is 0 Å². The van der Waals surface area contributed by atoms with Crippen molar-refractivity contribution in [3.05, 3.63) is 72.1 Å². The fourth-order valence-electron chi connectivity index (χ4n) is 4.72. The summed E-state index contributed by atoms with van der Waals surface area (Å²) in [6, 6.07) is 15.7. The summed E-state index contributed by atoms with van der Waals surface area (Å²) in [7, 11) is 1.93. The number of aromatic nitrogens is 2. The van der Waals surface area contributed by atoms with Crippen LogP contribution in [-0.4, -0.2) is 26.9 Å². The molecule has 3 N–H and O–H groups in total. The highest BCUT2D eigenvalue weighted by molar-refractivity contribution is 6.50. The van der Waals surface area contributed by atoms with Crippen molar-refractivity contribution >= 4 is 50.7 Å². The summed E-state index contributed by atoms with van der Waals surface area (Å²) < 4.78 is 4.04. The second-order valence-electron chi connectivity index (χ2n) is 8.38. The van der Waals surface area contributed by atoms with Gasteiger partial charge in [0, 0.05) is 65.3 Å². The van der Waals surface area contributed by atoms with Crippen LogP contribution in [0.2, 0.25) is 0 Å². The molecule has 5 rings (SSSR count). The molecule has 0 saturated heterocycles. The third-order valence-corrected chi connectivity index (χ3v) is 6.23. The van der Waals surface area contributed by atoms with Gasteiger partial charge in [-0.1, -0.05) is 36.4 Å². The van der Waals surface area contributed by atoms with Crippen molar-refractivity contribution in [1.29, 1.82) is 0 Å². The second kappa shape index (κ2) is 8.09. The van der Waals surface area contributed by atoms with Crippen LogP contribution in [0.1, 0.15) is 30.4 Å². The SMILES string of the molecule is Cn1cc(C2=C(c3cn(CCCCC(N)=O)c4ccccc34)C(=O)NC2=O)c2ccccc21. The first-order chi connectivity index (χ1) is 16.0. The number of para-hydroxylation sites is 2. The molecule has 0 unspecified atom stereocenters. The van der Waals surface area contributed by atoms with Crippen molar-refractivity contribution in [2.24, 2.45) is 12.8 Å². The number of fused-ring (bicyclic) bond motifs is 2. The Hall–Kier alpha value is -4.13. The molecule has 0 bridgehead atoms. The highest BCUT2D eigenvalue weighted by Crippen LogP contribution is 2.38. The third kappa shape index (κ3) is 3.51. The number of aryl methyl sites for hydroxylation is 2. The van der Waals surface area contributed by atoms with Gasteiger partial charge in [-0.2, -0.15) is 0 Å². The quantitative estimate of drug-likeness (QED) is 0.340. The van der Waals surface area contributed by atoms with Gasteiger partial charge < -0.3 is 14.9 Å². The van der Waals surface area contributed by atoms with Gasteiger partial charge in [0.1, 0.15) is 0 Å². The maximum Gasteiger partial charge on any atom is 0.259 e. The number of hydrogen-bond acceptors (Lipinski definition) is 3. The van der Waals surface area contributed by atoms with Crippen molar-refractivity contribution in [3.8, 4) is 0 Å². The van der Waals surface area contributed by atoms with Gasteiger partial charge >= 0.3 is 0 Å². The van der Waals surface area contributed by atoms with E-state index in [9.17, 15) is 14.4 Å². The number of benzene rings is 2. The fraction of sp³-hybridized carbons (Fsp3) is 0.192. The molecule has 3 heterocycles. The number of carbonyl (C=O) groups excluding carboxylic acids is 3. The van der Waals surface area contributed by atoms with E-state index >= 15 is 0 Å². The molecular weight excluding hydrogens is 416 g/mol. The van der Waals surface area contributed by atoms with E-state index in [2.05, 4.69) is 9.88 Å². The summed E-state index contributed by atoms with van der Waals surface area (Å²) >= 11 is 0. The molecule has 2 aromatic carbocycles. The van der Waals surface area contributed by atoms with Crippen LogP contribution in [0.25, 0.3) is 33.0 Å². The minimum atomic E-state index is -0.389. The molecule has 0 fully saturated rings. The number of rotatable bonds is 7. The first-order valence-electron chi connectivity index (χ1n) is 11.0. The Morgan fingerprint density at radius 2 is 1.42 bits per heavy atom. The first kappa shape index (κ1) is 20.8. The summed E-state index contributed by atoms with van der Waals surface area (Å²) in [4.78, 5) is 37.1. The Labute approximate surface area is 190 Å². The van der Waals surface area contributed by atoms with Gasteiger partial charge in [-0.05, 0) is 25.0 Å². The third-order valence-electron chi connectivity index (χ3n) is 6.23. The van der Waals surface area contributed by atoms with E-state index in [-0.39, 0.29) is 17.7 Å². The monoisotopic (exact) mass is 440 g/mol. The number of nitrogens with zero attached hydrogens (tertiary/aromatic N) is 2. The molecule has 166 valence electrons. The topological polar surface area (TPSA) is 99.1 Å². The normalized spacial score (nSPS) is 14.0. The summed E-state index contributed by atoms with van der Waals surface area (Å²) in [5.41, 5.74) is 9.48. The number of amides is 3. The van der Waals surface area contributed by atoms with Crippen LogP contribution < -0.4 is 11.1 Å². The molecule has 4 aromatic rings. The molecule has 0 radical (unpaired) electrons.